The monoisotopic (exact) mass is 365 g/mol. The van der Waals surface area contributed by atoms with Gasteiger partial charge in [0.2, 0.25) is 0 Å². The normalized spacial score (nSPS) is 48.1. The number of carbonyl (C=O) groups is 2. The summed E-state index contributed by atoms with van der Waals surface area (Å²) in [5.74, 6) is 0.664. The number of carbonyl (C=O) groups excluding carboxylic acids is 2. The van der Waals surface area contributed by atoms with Crippen LogP contribution in [0.25, 0.3) is 0 Å². The van der Waals surface area contributed by atoms with E-state index in [1.807, 2.05) is 6.08 Å². The number of ketones is 1. The zero-order chi connectivity index (χ0) is 19.0. The highest BCUT2D eigenvalue weighted by Crippen LogP contribution is 2.68. The molecular formula is C23H27NO3. The fourth-order valence-corrected chi connectivity index (χ4v) is 7.27. The number of esters is 1. The zero-order valence-corrected chi connectivity index (χ0v) is 16.2. The molecule has 1 saturated heterocycles. The summed E-state index contributed by atoms with van der Waals surface area (Å²) < 4.78 is 5.97. The van der Waals surface area contributed by atoms with E-state index in [-0.39, 0.29) is 40.0 Å². The van der Waals surface area contributed by atoms with Gasteiger partial charge in [0, 0.05) is 29.6 Å². The van der Waals surface area contributed by atoms with Crippen LogP contribution in [0.15, 0.2) is 23.3 Å². The molecule has 2 saturated carbocycles. The summed E-state index contributed by atoms with van der Waals surface area (Å²) >= 11 is 0. The van der Waals surface area contributed by atoms with Crippen molar-refractivity contribution in [1.82, 2.24) is 0 Å². The molecule has 1 aliphatic heterocycles. The lowest BCUT2D eigenvalue weighted by Gasteiger charge is -2.56. The molecule has 2 unspecified atom stereocenters. The number of nitrogens with zero attached hydrogens (tertiary/aromatic N) is 1. The van der Waals surface area contributed by atoms with Gasteiger partial charge in [-0.1, -0.05) is 31.1 Å². The molecule has 0 amide bonds. The summed E-state index contributed by atoms with van der Waals surface area (Å²) in [5.41, 5.74) is 2.07. The van der Waals surface area contributed by atoms with Gasteiger partial charge < -0.3 is 4.74 Å². The lowest BCUT2D eigenvalue weighted by molar-refractivity contribution is -0.160. The van der Waals surface area contributed by atoms with Crippen molar-refractivity contribution in [2.45, 2.75) is 70.8 Å². The Bertz CT molecular complexity index is 848. The second-order valence-electron chi connectivity index (χ2n) is 9.83. The Kier molecular flexibility index (Phi) is 3.41. The molecule has 6 atom stereocenters. The van der Waals surface area contributed by atoms with Crippen molar-refractivity contribution >= 4 is 11.8 Å². The molecular weight excluding hydrogens is 338 g/mol. The van der Waals surface area contributed by atoms with Crippen molar-refractivity contribution in [2.24, 2.45) is 28.6 Å². The smallest absolute Gasteiger partial charge is 0.306 e. The third-order valence-electron chi connectivity index (χ3n) is 8.89. The van der Waals surface area contributed by atoms with Crippen molar-refractivity contribution in [1.29, 1.82) is 5.26 Å². The molecule has 0 N–H and O–H groups in total. The Hall–Kier alpha value is -1.89. The number of hydrogen-bond donors (Lipinski definition) is 0. The molecule has 4 heteroatoms. The number of allylic oxidation sites excluding steroid dienone is 4. The number of fused-ring (bicyclic) bond motifs is 6. The van der Waals surface area contributed by atoms with Crippen molar-refractivity contribution in [3.8, 4) is 6.07 Å². The van der Waals surface area contributed by atoms with Gasteiger partial charge in [0.05, 0.1) is 12.0 Å². The van der Waals surface area contributed by atoms with Crippen LogP contribution in [0.5, 0.6) is 0 Å². The van der Waals surface area contributed by atoms with Gasteiger partial charge >= 0.3 is 5.97 Å². The Balaban J connectivity index is 1.62. The maximum Gasteiger partial charge on any atom is 0.306 e. The average Bonchev–Trinajstić information content (AvgIpc) is 3.16. The molecule has 1 heterocycles. The second kappa shape index (κ2) is 5.34. The lowest BCUT2D eigenvalue weighted by Crippen LogP contribution is -2.52. The maximum absolute atomic E-state index is 12.0. The molecule has 5 rings (SSSR count). The number of ether oxygens (including phenoxy) is 1. The molecule has 0 aromatic rings. The Morgan fingerprint density at radius 3 is 2.70 bits per heavy atom. The Labute approximate surface area is 160 Å². The van der Waals surface area contributed by atoms with E-state index in [2.05, 4.69) is 26.0 Å². The van der Waals surface area contributed by atoms with Crippen LogP contribution in [0, 0.1) is 39.9 Å². The first-order chi connectivity index (χ1) is 12.8. The predicted octanol–water partition coefficient (Wildman–Crippen LogP) is 4.26. The molecule has 4 nitrogen and oxygen atoms in total. The molecule has 0 aromatic carbocycles. The van der Waals surface area contributed by atoms with Crippen LogP contribution in [0.4, 0.5) is 0 Å². The van der Waals surface area contributed by atoms with Crippen LogP contribution in [0.1, 0.15) is 65.2 Å². The van der Waals surface area contributed by atoms with Gasteiger partial charge in [-0.05, 0) is 50.5 Å². The Morgan fingerprint density at radius 2 is 2.00 bits per heavy atom. The highest BCUT2D eigenvalue weighted by atomic mass is 16.6. The summed E-state index contributed by atoms with van der Waals surface area (Å²) in [4.78, 5) is 24.0. The summed E-state index contributed by atoms with van der Waals surface area (Å²) in [6.45, 7) is 4.57. The third kappa shape index (κ3) is 2.03. The van der Waals surface area contributed by atoms with Crippen LogP contribution in [0.3, 0.4) is 0 Å². The van der Waals surface area contributed by atoms with Crippen LogP contribution in [-0.4, -0.2) is 17.4 Å². The van der Waals surface area contributed by atoms with E-state index < -0.39 is 0 Å². The van der Waals surface area contributed by atoms with Crippen LogP contribution in [-0.2, 0) is 14.3 Å². The van der Waals surface area contributed by atoms with Crippen LogP contribution in [0.2, 0.25) is 0 Å². The number of rotatable bonds is 0. The van der Waals surface area contributed by atoms with Crippen molar-refractivity contribution in [3.63, 3.8) is 0 Å². The van der Waals surface area contributed by atoms with Crippen molar-refractivity contribution < 1.29 is 14.3 Å². The fraction of sp³-hybridized carbons (Fsp3) is 0.696. The number of hydrogen-bond acceptors (Lipinski definition) is 4. The predicted molar refractivity (Wildman–Crippen MR) is 99.2 cm³/mol. The second-order valence-corrected chi connectivity index (χ2v) is 9.83. The van der Waals surface area contributed by atoms with Crippen LogP contribution >= 0.6 is 0 Å². The lowest BCUT2D eigenvalue weighted by atomic mass is 9.48. The zero-order valence-electron chi connectivity index (χ0n) is 16.2. The molecule has 5 aliphatic rings. The van der Waals surface area contributed by atoms with E-state index in [1.54, 1.807) is 0 Å². The van der Waals surface area contributed by atoms with Crippen LogP contribution < -0.4 is 0 Å². The molecule has 3 fully saturated rings. The first-order valence-corrected chi connectivity index (χ1v) is 10.4. The third-order valence-corrected chi connectivity index (χ3v) is 8.89. The van der Waals surface area contributed by atoms with E-state index in [0.29, 0.717) is 25.2 Å². The molecule has 0 bridgehead atoms. The van der Waals surface area contributed by atoms with Gasteiger partial charge in [-0.15, -0.1) is 0 Å². The molecule has 142 valence electrons. The largest absolute Gasteiger partial charge is 0.458 e. The molecule has 4 aliphatic carbocycles. The van der Waals surface area contributed by atoms with Gasteiger partial charge in [-0.3, -0.25) is 9.59 Å². The highest BCUT2D eigenvalue weighted by Gasteiger charge is 2.66. The molecule has 0 radical (unpaired) electrons. The van der Waals surface area contributed by atoms with Gasteiger partial charge in [-0.2, -0.15) is 5.26 Å². The van der Waals surface area contributed by atoms with E-state index in [1.165, 1.54) is 5.57 Å². The van der Waals surface area contributed by atoms with Gasteiger partial charge in [0.25, 0.3) is 0 Å². The molecule has 1 spiro atoms. The molecule has 0 aromatic heterocycles. The SMILES string of the molecule is C[C@]12CCC(=O)C=C1C[C@@H](C#N)C1C2=CC[C@@]2(C)C1CC[C@@]21CCC(=O)O1. The first-order valence-electron chi connectivity index (χ1n) is 10.4. The summed E-state index contributed by atoms with van der Waals surface area (Å²) in [6.07, 6.45) is 10.6. The summed E-state index contributed by atoms with van der Waals surface area (Å²) in [7, 11) is 0. The van der Waals surface area contributed by atoms with Gasteiger partial charge in [0.15, 0.2) is 5.78 Å². The average molecular weight is 365 g/mol. The molecule has 27 heavy (non-hydrogen) atoms. The van der Waals surface area contributed by atoms with Gasteiger partial charge in [0.1, 0.15) is 5.60 Å². The van der Waals surface area contributed by atoms with E-state index in [9.17, 15) is 14.9 Å². The Morgan fingerprint density at radius 1 is 1.19 bits per heavy atom. The van der Waals surface area contributed by atoms with Crippen molar-refractivity contribution in [2.75, 3.05) is 0 Å². The van der Waals surface area contributed by atoms with E-state index in [4.69, 9.17) is 4.74 Å². The standard InChI is InChI=1S/C23H27NO3/c1-21-7-3-16(25)12-15(21)11-14(13-24)20-17(21)4-8-22(2)18(20)5-9-23(22)10-6-19(26)27-23/h4,12,14,18,20H,3,5-11H2,1-2H3/t14-,18?,20?,21-,22-,23+/m0/s1. The number of nitriles is 1. The maximum atomic E-state index is 12.0. The fourth-order valence-electron chi connectivity index (χ4n) is 7.27. The quantitative estimate of drug-likeness (QED) is 0.475. The van der Waals surface area contributed by atoms with E-state index in [0.717, 1.165) is 37.7 Å². The summed E-state index contributed by atoms with van der Waals surface area (Å²) in [5, 5.41) is 10.00. The van der Waals surface area contributed by atoms with Gasteiger partial charge in [-0.25, -0.2) is 0 Å². The minimum absolute atomic E-state index is 0.0601. The van der Waals surface area contributed by atoms with Crippen molar-refractivity contribution in [3.05, 3.63) is 23.3 Å². The van der Waals surface area contributed by atoms with E-state index >= 15 is 0 Å². The topological polar surface area (TPSA) is 67.2 Å². The summed E-state index contributed by atoms with van der Waals surface area (Å²) in [6, 6.07) is 2.59. The first kappa shape index (κ1) is 17.2. The highest BCUT2D eigenvalue weighted by molar-refractivity contribution is 5.92. The minimum atomic E-state index is -0.337. The minimum Gasteiger partial charge on any atom is -0.458 e.